The molecule has 3 heterocycles. The van der Waals surface area contributed by atoms with Crippen LogP contribution in [0, 0.1) is 0 Å². The third-order valence-corrected chi connectivity index (χ3v) is 5.06. The standard InChI is InChI=1S/C20H25N7O2/c1-13(7-10-28)27(14-3-4-14)15-5-8-21-18(11-15)24-17-6-9-22-19(25-17)16-12-23-26(2)20(16)29/h5-6,8-9,11-14,28-29H,3-4,7,10H2,1-2H3,(H,21,22,24,25)/t13-/m0/s1. The fraction of sp³-hybridized carbons (Fsp3) is 0.400. The highest BCUT2D eigenvalue weighted by molar-refractivity contribution is 5.64. The maximum absolute atomic E-state index is 10.1. The van der Waals surface area contributed by atoms with Crippen molar-refractivity contribution in [2.24, 2.45) is 7.05 Å². The van der Waals surface area contributed by atoms with E-state index in [1.807, 2.05) is 12.1 Å². The van der Waals surface area contributed by atoms with Gasteiger partial charge < -0.3 is 20.4 Å². The summed E-state index contributed by atoms with van der Waals surface area (Å²) in [6, 6.07) is 6.51. The molecule has 9 heteroatoms. The summed E-state index contributed by atoms with van der Waals surface area (Å²) in [6.45, 7) is 2.31. The third kappa shape index (κ3) is 4.14. The van der Waals surface area contributed by atoms with E-state index in [4.69, 9.17) is 0 Å². The van der Waals surface area contributed by atoms with Crippen LogP contribution in [0.1, 0.15) is 26.2 Å². The minimum absolute atomic E-state index is 0.0141. The second kappa shape index (κ2) is 8.04. The van der Waals surface area contributed by atoms with Gasteiger partial charge in [0, 0.05) is 49.9 Å². The van der Waals surface area contributed by atoms with Gasteiger partial charge in [0.25, 0.3) is 0 Å². The zero-order valence-corrected chi connectivity index (χ0v) is 16.5. The van der Waals surface area contributed by atoms with Crippen LogP contribution in [0.3, 0.4) is 0 Å². The third-order valence-electron chi connectivity index (χ3n) is 5.06. The number of pyridine rings is 1. The first kappa shape index (κ1) is 19.1. The molecule has 1 saturated carbocycles. The number of aliphatic hydroxyl groups excluding tert-OH is 1. The molecule has 0 saturated heterocycles. The fourth-order valence-electron chi connectivity index (χ4n) is 3.43. The Kier molecular flexibility index (Phi) is 5.30. The van der Waals surface area contributed by atoms with Crippen molar-refractivity contribution in [1.29, 1.82) is 0 Å². The van der Waals surface area contributed by atoms with Gasteiger partial charge >= 0.3 is 0 Å². The molecule has 1 aliphatic carbocycles. The molecular weight excluding hydrogens is 370 g/mol. The maximum atomic E-state index is 10.1. The maximum Gasteiger partial charge on any atom is 0.220 e. The molecule has 0 radical (unpaired) electrons. The summed E-state index contributed by atoms with van der Waals surface area (Å²) in [6.07, 6.45) is 8.00. The summed E-state index contributed by atoms with van der Waals surface area (Å²) in [5.74, 6) is 1.64. The molecule has 3 N–H and O–H groups in total. The van der Waals surface area contributed by atoms with E-state index >= 15 is 0 Å². The molecule has 1 atom stereocenters. The number of aromatic hydroxyl groups is 1. The second-order valence-corrected chi connectivity index (χ2v) is 7.29. The van der Waals surface area contributed by atoms with E-state index in [-0.39, 0.29) is 18.5 Å². The van der Waals surface area contributed by atoms with Crippen molar-refractivity contribution in [2.45, 2.75) is 38.3 Å². The Morgan fingerprint density at radius 3 is 2.72 bits per heavy atom. The molecule has 0 aliphatic heterocycles. The number of aromatic nitrogens is 5. The molecule has 3 aromatic heterocycles. The zero-order valence-electron chi connectivity index (χ0n) is 16.5. The number of rotatable bonds is 8. The molecule has 0 aromatic carbocycles. The summed E-state index contributed by atoms with van der Waals surface area (Å²) in [5, 5.41) is 26.7. The van der Waals surface area contributed by atoms with E-state index in [1.54, 1.807) is 25.5 Å². The summed E-state index contributed by atoms with van der Waals surface area (Å²) in [5.41, 5.74) is 1.54. The van der Waals surface area contributed by atoms with E-state index in [0.29, 0.717) is 29.1 Å². The lowest BCUT2D eigenvalue weighted by Gasteiger charge is -2.31. The first-order chi connectivity index (χ1) is 14.1. The van der Waals surface area contributed by atoms with Crippen molar-refractivity contribution in [3.05, 3.63) is 36.8 Å². The minimum Gasteiger partial charge on any atom is -0.493 e. The Hall–Kier alpha value is -3.20. The smallest absolute Gasteiger partial charge is 0.220 e. The Morgan fingerprint density at radius 1 is 1.24 bits per heavy atom. The minimum atomic E-state index is 0.0141. The van der Waals surface area contributed by atoms with Gasteiger partial charge in [-0.3, -0.25) is 0 Å². The van der Waals surface area contributed by atoms with E-state index < -0.39 is 0 Å². The highest BCUT2D eigenvalue weighted by atomic mass is 16.3. The first-order valence-corrected chi connectivity index (χ1v) is 9.73. The average Bonchev–Trinajstić information content (AvgIpc) is 3.48. The molecule has 0 amide bonds. The van der Waals surface area contributed by atoms with Gasteiger partial charge in [-0.25, -0.2) is 19.6 Å². The largest absolute Gasteiger partial charge is 0.493 e. The molecule has 1 fully saturated rings. The van der Waals surface area contributed by atoms with Crippen molar-refractivity contribution in [3.8, 4) is 17.3 Å². The fourth-order valence-corrected chi connectivity index (χ4v) is 3.43. The summed E-state index contributed by atoms with van der Waals surface area (Å²) in [4.78, 5) is 15.5. The average molecular weight is 395 g/mol. The van der Waals surface area contributed by atoms with Crippen LogP contribution in [0.4, 0.5) is 17.3 Å². The summed E-state index contributed by atoms with van der Waals surface area (Å²) >= 11 is 0. The van der Waals surface area contributed by atoms with Crippen molar-refractivity contribution in [1.82, 2.24) is 24.7 Å². The Labute approximate surface area is 169 Å². The van der Waals surface area contributed by atoms with Gasteiger partial charge in [0.15, 0.2) is 5.82 Å². The van der Waals surface area contributed by atoms with E-state index in [0.717, 1.165) is 12.1 Å². The van der Waals surface area contributed by atoms with Crippen LogP contribution >= 0.6 is 0 Å². The predicted octanol–water partition coefficient (Wildman–Crippen LogP) is 2.46. The highest BCUT2D eigenvalue weighted by Crippen LogP contribution is 2.35. The van der Waals surface area contributed by atoms with Gasteiger partial charge in [0.1, 0.15) is 17.2 Å². The van der Waals surface area contributed by atoms with Gasteiger partial charge in [-0.15, -0.1) is 0 Å². The Balaban J connectivity index is 1.57. The molecule has 0 unspecified atom stereocenters. The molecule has 9 nitrogen and oxygen atoms in total. The first-order valence-electron chi connectivity index (χ1n) is 9.73. The van der Waals surface area contributed by atoms with E-state index in [9.17, 15) is 10.2 Å². The Bertz CT molecular complexity index is 986. The van der Waals surface area contributed by atoms with Gasteiger partial charge in [0.2, 0.25) is 5.88 Å². The van der Waals surface area contributed by atoms with Crippen molar-refractivity contribution >= 4 is 17.3 Å². The van der Waals surface area contributed by atoms with Crippen LogP contribution < -0.4 is 10.2 Å². The summed E-state index contributed by atoms with van der Waals surface area (Å²) in [7, 11) is 1.65. The molecular formula is C20H25N7O2. The number of hydrogen-bond acceptors (Lipinski definition) is 8. The molecule has 3 aromatic rings. The predicted molar refractivity (Wildman–Crippen MR) is 110 cm³/mol. The lowest BCUT2D eigenvalue weighted by molar-refractivity contribution is 0.275. The van der Waals surface area contributed by atoms with Crippen molar-refractivity contribution in [2.75, 3.05) is 16.8 Å². The highest BCUT2D eigenvalue weighted by Gasteiger charge is 2.32. The molecule has 0 spiro atoms. The lowest BCUT2D eigenvalue weighted by atomic mass is 10.2. The van der Waals surface area contributed by atoms with Gasteiger partial charge in [-0.1, -0.05) is 0 Å². The normalized spacial score (nSPS) is 14.6. The Morgan fingerprint density at radius 2 is 2.03 bits per heavy atom. The second-order valence-electron chi connectivity index (χ2n) is 7.29. The van der Waals surface area contributed by atoms with E-state index in [1.165, 1.54) is 23.7 Å². The van der Waals surface area contributed by atoms with Crippen molar-refractivity contribution < 1.29 is 10.2 Å². The number of nitrogens with zero attached hydrogens (tertiary/aromatic N) is 6. The van der Waals surface area contributed by atoms with Crippen molar-refractivity contribution in [3.63, 3.8) is 0 Å². The number of aryl methyl sites for hydroxylation is 1. The van der Waals surface area contributed by atoms with Crippen LogP contribution in [0.2, 0.25) is 0 Å². The van der Waals surface area contributed by atoms with Crippen LogP contribution in [0.5, 0.6) is 5.88 Å². The number of nitrogens with one attached hydrogen (secondary N) is 1. The monoisotopic (exact) mass is 395 g/mol. The van der Waals surface area contributed by atoms with Crippen LogP contribution in [0.25, 0.3) is 11.4 Å². The van der Waals surface area contributed by atoms with Crippen LogP contribution in [-0.4, -0.2) is 53.6 Å². The zero-order chi connectivity index (χ0) is 20.4. The molecule has 29 heavy (non-hydrogen) atoms. The summed E-state index contributed by atoms with van der Waals surface area (Å²) < 4.78 is 1.36. The molecule has 4 rings (SSSR count). The lowest BCUT2D eigenvalue weighted by Crippen LogP contribution is -2.35. The molecule has 152 valence electrons. The number of anilines is 3. The molecule has 0 bridgehead atoms. The number of aliphatic hydroxyl groups is 1. The topological polar surface area (TPSA) is 112 Å². The molecule has 1 aliphatic rings. The van der Waals surface area contributed by atoms with Gasteiger partial charge in [0.05, 0.1) is 6.20 Å². The van der Waals surface area contributed by atoms with Crippen LogP contribution in [-0.2, 0) is 7.05 Å². The SMILES string of the molecule is C[C@@H](CCO)N(c1ccnc(Nc2ccnc(-c3cnn(C)c3O)n2)c1)C1CC1. The van der Waals surface area contributed by atoms with Gasteiger partial charge in [-0.2, -0.15) is 5.10 Å². The van der Waals surface area contributed by atoms with Gasteiger partial charge in [-0.05, 0) is 38.3 Å². The quantitative estimate of drug-likeness (QED) is 0.533. The van der Waals surface area contributed by atoms with Crippen LogP contribution in [0.15, 0.2) is 36.8 Å². The number of hydrogen-bond donors (Lipinski definition) is 3. The van der Waals surface area contributed by atoms with E-state index in [2.05, 4.69) is 37.2 Å².